The molecular formula is C11H22N2O3S. The Morgan fingerprint density at radius 1 is 1.35 bits per heavy atom. The highest BCUT2D eigenvalue weighted by molar-refractivity contribution is 7.91. The first-order valence-electron chi connectivity index (χ1n) is 6.12. The molecule has 1 rings (SSSR count). The van der Waals surface area contributed by atoms with Crippen LogP contribution < -0.4 is 11.1 Å². The number of amides is 1. The second-order valence-electron chi connectivity index (χ2n) is 4.78. The van der Waals surface area contributed by atoms with Crippen LogP contribution in [0.15, 0.2) is 0 Å². The third-order valence-corrected chi connectivity index (χ3v) is 4.92. The zero-order chi connectivity index (χ0) is 12.9. The van der Waals surface area contributed by atoms with Crippen LogP contribution in [0.5, 0.6) is 0 Å². The molecule has 1 saturated carbocycles. The van der Waals surface area contributed by atoms with E-state index in [0.717, 1.165) is 38.6 Å². The molecule has 2 unspecified atom stereocenters. The van der Waals surface area contributed by atoms with Crippen LogP contribution in [-0.2, 0) is 14.6 Å². The molecule has 0 heterocycles. The van der Waals surface area contributed by atoms with Gasteiger partial charge in [0.1, 0.15) is 0 Å². The largest absolute Gasteiger partial charge is 0.370 e. The minimum atomic E-state index is -2.94. The van der Waals surface area contributed by atoms with E-state index in [0.29, 0.717) is 6.42 Å². The lowest BCUT2D eigenvalue weighted by molar-refractivity contribution is -0.118. The van der Waals surface area contributed by atoms with Crippen molar-refractivity contribution in [2.45, 2.75) is 49.8 Å². The fourth-order valence-corrected chi connectivity index (χ4v) is 3.81. The molecule has 1 aliphatic rings. The van der Waals surface area contributed by atoms with Crippen molar-refractivity contribution in [3.05, 3.63) is 0 Å². The molecule has 0 aromatic heterocycles. The summed E-state index contributed by atoms with van der Waals surface area (Å²) in [4.78, 5) is 10.5. The van der Waals surface area contributed by atoms with Crippen molar-refractivity contribution in [2.75, 3.05) is 12.8 Å². The smallest absolute Gasteiger partial charge is 0.217 e. The van der Waals surface area contributed by atoms with Gasteiger partial charge >= 0.3 is 0 Å². The molecule has 1 aliphatic carbocycles. The number of sulfone groups is 1. The van der Waals surface area contributed by atoms with E-state index in [-0.39, 0.29) is 17.2 Å². The number of rotatable bonds is 7. The second kappa shape index (κ2) is 6.35. The van der Waals surface area contributed by atoms with Crippen LogP contribution >= 0.6 is 0 Å². The molecule has 0 aromatic rings. The predicted octanol–water partition coefficient (Wildman–Crippen LogP) is 0.197. The molecule has 17 heavy (non-hydrogen) atoms. The Labute approximate surface area is 103 Å². The van der Waals surface area contributed by atoms with Crippen LogP contribution in [0.1, 0.15) is 38.5 Å². The van der Waals surface area contributed by atoms with Crippen LogP contribution in [0, 0.1) is 0 Å². The summed E-state index contributed by atoms with van der Waals surface area (Å²) in [6, 6.07) is 0.0820. The van der Waals surface area contributed by atoms with E-state index in [1.165, 1.54) is 6.26 Å². The molecule has 0 aliphatic heterocycles. The van der Waals surface area contributed by atoms with E-state index >= 15 is 0 Å². The summed E-state index contributed by atoms with van der Waals surface area (Å²) in [7, 11) is -2.94. The van der Waals surface area contributed by atoms with Crippen molar-refractivity contribution in [2.24, 2.45) is 5.73 Å². The monoisotopic (exact) mass is 262 g/mol. The van der Waals surface area contributed by atoms with Gasteiger partial charge in [0.25, 0.3) is 0 Å². The number of hydrogen-bond acceptors (Lipinski definition) is 4. The van der Waals surface area contributed by atoms with Gasteiger partial charge in [0.05, 0.1) is 5.25 Å². The maximum Gasteiger partial charge on any atom is 0.217 e. The summed E-state index contributed by atoms with van der Waals surface area (Å²) in [5, 5.41) is 3.04. The number of unbranched alkanes of at least 4 members (excludes halogenated alkanes) is 1. The van der Waals surface area contributed by atoms with Crippen molar-refractivity contribution < 1.29 is 13.2 Å². The average molecular weight is 262 g/mol. The first-order valence-corrected chi connectivity index (χ1v) is 8.07. The summed E-state index contributed by atoms with van der Waals surface area (Å²) >= 11 is 0. The van der Waals surface area contributed by atoms with Crippen LogP contribution in [0.3, 0.4) is 0 Å². The summed E-state index contributed by atoms with van der Waals surface area (Å²) in [6.45, 7) is 0.754. The maximum absolute atomic E-state index is 11.5. The van der Waals surface area contributed by atoms with Gasteiger partial charge in [-0.2, -0.15) is 0 Å². The third-order valence-electron chi connectivity index (χ3n) is 3.26. The highest BCUT2D eigenvalue weighted by atomic mass is 32.2. The van der Waals surface area contributed by atoms with Gasteiger partial charge < -0.3 is 11.1 Å². The number of nitrogens with one attached hydrogen (secondary N) is 1. The highest BCUT2D eigenvalue weighted by Gasteiger charge is 2.33. The molecule has 3 N–H and O–H groups in total. The Bertz CT molecular complexity index is 354. The molecule has 0 aromatic carbocycles. The van der Waals surface area contributed by atoms with Crippen molar-refractivity contribution in [1.82, 2.24) is 5.32 Å². The zero-order valence-electron chi connectivity index (χ0n) is 10.3. The fraction of sp³-hybridized carbons (Fsp3) is 0.909. The van der Waals surface area contributed by atoms with E-state index in [2.05, 4.69) is 5.32 Å². The molecule has 0 saturated heterocycles. The van der Waals surface area contributed by atoms with Gasteiger partial charge in [-0.3, -0.25) is 4.79 Å². The van der Waals surface area contributed by atoms with Gasteiger partial charge in [0.15, 0.2) is 9.84 Å². The lowest BCUT2D eigenvalue weighted by Crippen LogP contribution is -2.40. The molecule has 0 bridgehead atoms. The van der Waals surface area contributed by atoms with Crippen molar-refractivity contribution in [3.8, 4) is 0 Å². The van der Waals surface area contributed by atoms with Gasteiger partial charge in [0, 0.05) is 18.7 Å². The van der Waals surface area contributed by atoms with Gasteiger partial charge in [-0.05, 0) is 32.2 Å². The summed E-state index contributed by atoms with van der Waals surface area (Å²) in [5.74, 6) is -0.278. The van der Waals surface area contributed by atoms with Gasteiger partial charge in [-0.1, -0.05) is 6.42 Å². The lowest BCUT2D eigenvalue weighted by Gasteiger charge is -2.19. The molecule has 1 amide bonds. The van der Waals surface area contributed by atoms with Crippen molar-refractivity contribution >= 4 is 15.7 Å². The molecule has 5 nitrogen and oxygen atoms in total. The molecule has 0 radical (unpaired) electrons. The second-order valence-corrected chi connectivity index (χ2v) is 7.05. The first kappa shape index (κ1) is 14.4. The minimum absolute atomic E-state index is 0.0820. The number of carbonyl (C=O) groups is 1. The van der Waals surface area contributed by atoms with Crippen LogP contribution in [0.2, 0.25) is 0 Å². The maximum atomic E-state index is 11.5. The predicted molar refractivity (Wildman–Crippen MR) is 67.3 cm³/mol. The zero-order valence-corrected chi connectivity index (χ0v) is 11.1. The first-order chi connectivity index (χ1) is 7.91. The molecule has 1 fully saturated rings. The fourth-order valence-electron chi connectivity index (χ4n) is 2.38. The molecule has 0 spiro atoms. The molecular weight excluding hydrogens is 240 g/mol. The number of nitrogens with two attached hydrogens (primary N) is 1. The summed E-state index contributed by atoms with van der Waals surface area (Å²) < 4.78 is 23.0. The van der Waals surface area contributed by atoms with Crippen molar-refractivity contribution in [3.63, 3.8) is 0 Å². The van der Waals surface area contributed by atoms with E-state index in [4.69, 9.17) is 5.73 Å². The SMILES string of the molecule is CS(=O)(=O)C1CCCC1NCCCCC(N)=O. The molecule has 6 heteroatoms. The Balaban J connectivity index is 2.25. The number of carbonyl (C=O) groups excluding carboxylic acids is 1. The number of hydrogen-bond donors (Lipinski definition) is 2. The molecule has 100 valence electrons. The van der Waals surface area contributed by atoms with E-state index in [1.54, 1.807) is 0 Å². The highest BCUT2D eigenvalue weighted by Crippen LogP contribution is 2.24. The van der Waals surface area contributed by atoms with Crippen LogP contribution in [-0.4, -0.2) is 38.4 Å². The van der Waals surface area contributed by atoms with E-state index in [1.807, 2.05) is 0 Å². The van der Waals surface area contributed by atoms with Crippen LogP contribution in [0.4, 0.5) is 0 Å². The van der Waals surface area contributed by atoms with Gasteiger partial charge in [-0.15, -0.1) is 0 Å². The van der Waals surface area contributed by atoms with Crippen LogP contribution in [0.25, 0.3) is 0 Å². The quantitative estimate of drug-likeness (QED) is 0.641. The van der Waals surface area contributed by atoms with E-state index in [9.17, 15) is 13.2 Å². The molecule has 2 atom stereocenters. The summed E-state index contributed by atoms with van der Waals surface area (Å²) in [6.07, 6.45) is 5.99. The normalized spacial score (nSPS) is 25.0. The van der Waals surface area contributed by atoms with Gasteiger partial charge in [-0.25, -0.2) is 8.42 Å². The number of primary amides is 1. The van der Waals surface area contributed by atoms with Gasteiger partial charge in [0.2, 0.25) is 5.91 Å². The van der Waals surface area contributed by atoms with E-state index < -0.39 is 9.84 Å². The topological polar surface area (TPSA) is 89.3 Å². The third kappa shape index (κ3) is 5.04. The minimum Gasteiger partial charge on any atom is -0.370 e. The Morgan fingerprint density at radius 3 is 2.65 bits per heavy atom. The lowest BCUT2D eigenvalue weighted by atomic mass is 10.2. The summed E-state index contributed by atoms with van der Waals surface area (Å²) in [5.41, 5.74) is 5.04. The average Bonchev–Trinajstić information content (AvgIpc) is 2.64. The standard InChI is InChI=1S/C11H22N2O3S/c1-17(15,16)10-6-4-5-9(10)13-8-3-2-7-11(12)14/h9-10,13H,2-8H2,1H3,(H2,12,14). The van der Waals surface area contributed by atoms with Crippen molar-refractivity contribution in [1.29, 1.82) is 0 Å². The Hall–Kier alpha value is -0.620. The Morgan fingerprint density at radius 2 is 2.06 bits per heavy atom. The Kier molecular flexibility index (Phi) is 5.39.